The molecular formula is C12H24O4Si. The molecule has 0 amide bonds. The molecule has 17 heavy (non-hydrogen) atoms. The van der Waals surface area contributed by atoms with Gasteiger partial charge in [0.05, 0.1) is 0 Å². The number of ketones is 1. The van der Waals surface area contributed by atoms with E-state index in [4.69, 9.17) is 13.3 Å². The standard InChI is InChI=1S/C12H24O4Si/c1-6-15-17(14-5,16-7-2)10-8-9-12(13)11(3)4/h3,6-10H2,1-2,4-5H3. The first-order chi connectivity index (χ1) is 8.01. The Morgan fingerprint density at radius 2 is 1.76 bits per heavy atom. The molecule has 0 saturated heterocycles. The van der Waals surface area contributed by atoms with E-state index >= 15 is 0 Å². The van der Waals surface area contributed by atoms with Gasteiger partial charge < -0.3 is 13.3 Å². The molecular weight excluding hydrogens is 236 g/mol. The Kier molecular flexibility index (Phi) is 8.33. The summed E-state index contributed by atoms with van der Waals surface area (Å²) < 4.78 is 16.7. The molecule has 0 saturated carbocycles. The maximum atomic E-state index is 11.4. The Labute approximate surface area is 105 Å². The van der Waals surface area contributed by atoms with Gasteiger partial charge in [-0.25, -0.2) is 0 Å². The minimum Gasteiger partial charge on any atom is -0.377 e. The fourth-order valence-electron chi connectivity index (χ4n) is 1.52. The third-order valence-corrected chi connectivity index (χ3v) is 5.45. The van der Waals surface area contributed by atoms with Crippen molar-refractivity contribution in [3.05, 3.63) is 12.2 Å². The second-order valence-corrected chi connectivity index (χ2v) is 6.66. The predicted molar refractivity (Wildman–Crippen MR) is 69.9 cm³/mol. The molecule has 0 atom stereocenters. The van der Waals surface area contributed by atoms with Gasteiger partial charge in [-0.2, -0.15) is 0 Å². The lowest BCUT2D eigenvalue weighted by Crippen LogP contribution is -2.44. The minimum atomic E-state index is -2.55. The zero-order valence-electron chi connectivity index (χ0n) is 11.4. The van der Waals surface area contributed by atoms with Crippen LogP contribution in [-0.2, 0) is 18.1 Å². The average molecular weight is 260 g/mol. The maximum absolute atomic E-state index is 11.4. The molecule has 0 unspecified atom stereocenters. The summed E-state index contributed by atoms with van der Waals surface area (Å²) in [4.78, 5) is 11.4. The van der Waals surface area contributed by atoms with E-state index in [2.05, 4.69) is 6.58 Å². The van der Waals surface area contributed by atoms with Crippen LogP contribution in [0.15, 0.2) is 12.2 Å². The third kappa shape index (κ3) is 6.12. The maximum Gasteiger partial charge on any atom is 0.500 e. The number of Topliss-reactive ketones (excluding diaryl/α,β-unsaturated/α-hetero) is 1. The normalized spacial score (nSPS) is 11.5. The van der Waals surface area contributed by atoms with Crippen molar-refractivity contribution in [3.8, 4) is 0 Å². The zero-order chi connectivity index (χ0) is 13.3. The number of rotatable bonds is 10. The van der Waals surface area contributed by atoms with Crippen LogP contribution in [0.1, 0.15) is 33.6 Å². The van der Waals surface area contributed by atoms with Crippen LogP contribution < -0.4 is 0 Å². The first kappa shape index (κ1) is 16.5. The van der Waals surface area contributed by atoms with Gasteiger partial charge in [0.1, 0.15) is 0 Å². The number of allylic oxidation sites excluding steroid dienone is 1. The highest BCUT2D eigenvalue weighted by Gasteiger charge is 2.38. The van der Waals surface area contributed by atoms with Crippen molar-refractivity contribution in [2.24, 2.45) is 0 Å². The summed E-state index contributed by atoms with van der Waals surface area (Å²) in [5.41, 5.74) is 0.600. The Hall–Kier alpha value is -0.493. The van der Waals surface area contributed by atoms with Crippen LogP contribution in [0.4, 0.5) is 0 Å². The molecule has 0 radical (unpaired) electrons. The molecule has 0 aromatic heterocycles. The molecule has 0 aromatic carbocycles. The van der Waals surface area contributed by atoms with Gasteiger partial charge >= 0.3 is 8.80 Å². The van der Waals surface area contributed by atoms with E-state index < -0.39 is 8.80 Å². The summed E-state index contributed by atoms with van der Waals surface area (Å²) in [6, 6.07) is 0.671. The number of hydrogen-bond acceptors (Lipinski definition) is 4. The molecule has 0 aliphatic carbocycles. The van der Waals surface area contributed by atoms with Gasteiger partial charge in [0.25, 0.3) is 0 Å². The summed E-state index contributed by atoms with van der Waals surface area (Å²) in [6.07, 6.45) is 1.19. The monoisotopic (exact) mass is 260 g/mol. The fourth-order valence-corrected chi connectivity index (χ4v) is 3.83. The van der Waals surface area contributed by atoms with Gasteiger partial charge in [-0.05, 0) is 32.8 Å². The van der Waals surface area contributed by atoms with Crippen LogP contribution in [0, 0.1) is 0 Å². The van der Waals surface area contributed by atoms with Gasteiger partial charge in [0.2, 0.25) is 0 Å². The molecule has 100 valence electrons. The van der Waals surface area contributed by atoms with Crippen LogP contribution in [0.2, 0.25) is 6.04 Å². The fraction of sp³-hybridized carbons (Fsp3) is 0.750. The van der Waals surface area contributed by atoms with E-state index in [1.54, 1.807) is 14.0 Å². The molecule has 0 bridgehead atoms. The van der Waals surface area contributed by atoms with E-state index in [1.807, 2.05) is 13.8 Å². The van der Waals surface area contributed by atoms with E-state index in [0.717, 1.165) is 0 Å². The van der Waals surface area contributed by atoms with Crippen molar-refractivity contribution in [2.45, 2.75) is 39.7 Å². The van der Waals surface area contributed by atoms with Crippen molar-refractivity contribution in [1.29, 1.82) is 0 Å². The van der Waals surface area contributed by atoms with E-state index in [9.17, 15) is 4.79 Å². The topological polar surface area (TPSA) is 44.8 Å². The molecule has 0 fully saturated rings. The first-order valence-corrected chi connectivity index (χ1v) is 7.96. The summed E-state index contributed by atoms with van der Waals surface area (Å²) in [5.74, 6) is 0.0944. The highest BCUT2D eigenvalue weighted by molar-refractivity contribution is 6.60. The molecule has 0 rings (SSSR count). The summed E-state index contributed by atoms with van der Waals surface area (Å²) in [5, 5.41) is 0. The van der Waals surface area contributed by atoms with Crippen molar-refractivity contribution < 1.29 is 18.1 Å². The first-order valence-electron chi connectivity index (χ1n) is 6.03. The van der Waals surface area contributed by atoms with Crippen molar-refractivity contribution in [1.82, 2.24) is 0 Å². The lowest BCUT2D eigenvalue weighted by Gasteiger charge is -2.27. The van der Waals surface area contributed by atoms with E-state index in [0.29, 0.717) is 37.7 Å². The number of hydrogen-bond donors (Lipinski definition) is 0. The molecule has 0 heterocycles. The Morgan fingerprint density at radius 1 is 1.24 bits per heavy atom. The van der Waals surface area contributed by atoms with Crippen molar-refractivity contribution >= 4 is 14.6 Å². The smallest absolute Gasteiger partial charge is 0.377 e. The van der Waals surface area contributed by atoms with Gasteiger partial charge in [-0.3, -0.25) is 4.79 Å². The van der Waals surface area contributed by atoms with Crippen LogP contribution >= 0.6 is 0 Å². The molecule has 0 aliphatic heterocycles. The van der Waals surface area contributed by atoms with Crippen LogP contribution in [0.5, 0.6) is 0 Å². The largest absolute Gasteiger partial charge is 0.500 e. The molecule has 0 aromatic rings. The molecule has 0 aliphatic rings. The van der Waals surface area contributed by atoms with Crippen molar-refractivity contribution in [2.75, 3.05) is 20.3 Å². The van der Waals surface area contributed by atoms with Gasteiger partial charge in [-0.1, -0.05) is 6.58 Å². The van der Waals surface area contributed by atoms with E-state index in [-0.39, 0.29) is 5.78 Å². The second-order valence-electron chi connectivity index (χ2n) is 3.81. The Balaban J connectivity index is 4.24. The molecule has 5 heteroatoms. The lowest BCUT2D eigenvalue weighted by atomic mass is 10.1. The lowest BCUT2D eigenvalue weighted by molar-refractivity contribution is -0.115. The Morgan fingerprint density at radius 3 is 2.12 bits per heavy atom. The third-order valence-electron chi connectivity index (χ3n) is 2.40. The SMILES string of the molecule is C=C(C)C(=O)CCC[Si](OC)(OCC)OCC. The summed E-state index contributed by atoms with van der Waals surface area (Å²) in [6.45, 7) is 10.3. The number of carbonyl (C=O) groups is 1. The molecule has 0 N–H and O–H groups in total. The van der Waals surface area contributed by atoms with Gasteiger partial charge in [-0.15, -0.1) is 0 Å². The van der Waals surface area contributed by atoms with Gasteiger partial charge in [0, 0.05) is 32.8 Å². The molecule has 0 spiro atoms. The van der Waals surface area contributed by atoms with Crippen molar-refractivity contribution in [3.63, 3.8) is 0 Å². The van der Waals surface area contributed by atoms with Gasteiger partial charge in [0.15, 0.2) is 5.78 Å². The summed E-state index contributed by atoms with van der Waals surface area (Å²) >= 11 is 0. The minimum absolute atomic E-state index is 0.0944. The second kappa shape index (κ2) is 8.58. The highest BCUT2D eigenvalue weighted by Crippen LogP contribution is 2.19. The molecule has 4 nitrogen and oxygen atoms in total. The van der Waals surface area contributed by atoms with E-state index in [1.165, 1.54) is 0 Å². The quantitative estimate of drug-likeness (QED) is 0.447. The number of carbonyl (C=O) groups excluding carboxylic acids is 1. The predicted octanol–water partition coefficient (Wildman–Crippen LogP) is 2.57. The Bertz CT molecular complexity index is 247. The van der Waals surface area contributed by atoms with Crippen LogP contribution in [-0.4, -0.2) is 34.9 Å². The summed E-state index contributed by atoms with van der Waals surface area (Å²) in [7, 11) is -0.944. The van der Waals surface area contributed by atoms with Crippen LogP contribution in [0.25, 0.3) is 0 Å². The zero-order valence-corrected chi connectivity index (χ0v) is 12.4. The van der Waals surface area contributed by atoms with Crippen LogP contribution in [0.3, 0.4) is 0 Å². The highest BCUT2D eigenvalue weighted by atomic mass is 28.4. The average Bonchev–Trinajstić information content (AvgIpc) is 2.29.